The maximum Gasteiger partial charge on any atom is 0.267 e. The second-order valence-corrected chi connectivity index (χ2v) is 1.82. The summed E-state index contributed by atoms with van der Waals surface area (Å²) in [5, 5.41) is 16.8. The Morgan fingerprint density at radius 2 is 2.09 bits per heavy atom. The van der Waals surface area contributed by atoms with Crippen LogP contribution in [-0.4, -0.2) is 4.98 Å². The predicted octanol–water partition coefficient (Wildman–Crippen LogP) is 0.118. The van der Waals surface area contributed by atoms with Crippen molar-refractivity contribution < 1.29 is 0 Å². The molecule has 1 rings (SSSR count). The molecule has 0 aromatic carbocycles. The van der Waals surface area contributed by atoms with Crippen LogP contribution < -0.4 is 5.56 Å². The summed E-state index contributed by atoms with van der Waals surface area (Å²) in [7, 11) is 0. The minimum atomic E-state index is -0.522. The molecule has 4 heteroatoms. The minimum Gasteiger partial charge on any atom is -0.328 e. The zero-order chi connectivity index (χ0) is 8.27. The van der Waals surface area contributed by atoms with Crippen molar-refractivity contribution >= 4 is 0 Å². The van der Waals surface area contributed by atoms with Crippen molar-refractivity contribution in [1.82, 2.24) is 4.98 Å². The van der Waals surface area contributed by atoms with Crippen LogP contribution in [0.2, 0.25) is 0 Å². The maximum absolute atomic E-state index is 10.8. The number of nitriles is 2. The Bertz CT molecular complexity index is 405. The molecular weight excluding hydrogens is 142 g/mol. The molecule has 0 spiro atoms. The molecule has 0 saturated heterocycles. The molecule has 0 radical (unpaired) electrons. The molecule has 0 bridgehead atoms. The summed E-state index contributed by atoms with van der Waals surface area (Å²) in [5.41, 5.74) is -0.544. The van der Waals surface area contributed by atoms with Crippen LogP contribution in [0.15, 0.2) is 17.1 Å². The lowest BCUT2D eigenvalue weighted by Crippen LogP contribution is -2.10. The van der Waals surface area contributed by atoms with Crippen LogP contribution in [0.4, 0.5) is 0 Å². The van der Waals surface area contributed by atoms with Crippen molar-refractivity contribution in [3.63, 3.8) is 0 Å². The Hall–Kier alpha value is -2.07. The van der Waals surface area contributed by atoms with Gasteiger partial charge in [-0.05, 0) is 6.07 Å². The van der Waals surface area contributed by atoms with Crippen LogP contribution in [0.25, 0.3) is 0 Å². The van der Waals surface area contributed by atoms with Crippen LogP contribution in [0.5, 0.6) is 0 Å². The third-order valence-electron chi connectivity index (χ3n) is 1.19. The third-order valence-corrected chi connectivity index (χ3v) is 1.19. The van der Waals surface area contributed by atoms with E-state index in [-0.39, 0.29) is 11.1 Å². The van der Waals surface area contributed by atoms with Gasteiger partial charge in [-0.2, -0.15) is 10.5 Å². The number of H-pyrrole nitrogens is 1. The monoisotopic (exact) mass is 145 g/mol. The molecular formula is C7H3N3O. The first kappa shape index (κ1) is 7.04. The molecule has 0 atom stereocenters. The molecule has 0 aliphatic rings. The van der Waals surface area contributed by atoms with Crippen LogP contribution in [0.1, 0.15) is 11.1 Å². The minimum absolute atomic E-state index is 0.108. The summed E-state index contributed by atoms with van der Waals surface area (Å²) < 4.78 is 0. The van der Waals surface area contributed by atoms with Gasteiger partial charge in [0.1, 0.15) is 17.7 Å². The zero-order valence-electron chi connectivity index (χ0n) is 5.46. The molecule has 1 aromatic rings. The molecule has 11 heavy (non-hydrogen) atoms. The third kappa shape index (κ3) is 1.10. The Morgan fingerprint density at radius 3 is 2.55 bits per heavy atom. The summed E-state index contributed by atoms with van der Waals surface area (Å²) in [6, 6.07) is 4.78. The second kappa shape index (κ2) is 2.68. The number of hydrogen-bond acceptors (Lipinski definition) is 3. The van der Waals surface area contributed by atoms with E-state index in [4.69, 9.17) is 10.5 Å². The smallest absolute Gasteiger partial charge is 0.267 e. The van der Waals surface area contributed by atoms with Crippen LogP contribution in [0, 0.1) is 22.7 Å². The molecule has 0 fully saturated rings. The molecule has 0 unspecified atom stereocenters. The normalized spacial score (nSPS) is 8.18. The number of pyridine rings is 1. The zero-order valence-corrected chi connectivity index (χ0v) is 5.46. The van der Waals surface area contributed by atoms with Crippen molar-refractivity contribution in [2.24, 2.45) is 0 Å². The van der Waals surface area contributed by atoms with Crippen LogP contribution in [0.3, 0.4) is 0 Å². The lowest BCUT2D eigenvalue weighted by molar-refractivity contribution is 1.20. The number of rotatable bonds is 0. The molecule has 1 heterocycles. The summed E-state index contributed by atoms with van der Waals surface area (Å²) >= 11 is 0. The first-order valence-corrected chi connectivity index (χ1v) is 2.81. The van der Waals surface area contributed by atoms with Crippen molar-refractivity contribution in [1.29, 1.82) is 10.5 Å². The molecule has 1 aromatic heterocycles. The number of aromatic amines is 1. The Labute approximate surface area is 62.3 Å². The summed E-state index contributed by atoms with van der Waals surface area (Å²) in [6.07, 6.45) is 1.34. The maximum atomic E-state index is 10.8. The number of aromatic nitrogens is 1. The van der Waals surface area contributed by atoms with E-state index in [9.17, 15) is 4.79 Å². The van der Waals surface area contributed by atoms with E-state index in [0.29, 0.717) is 0 Å². The fraction of sp³-hybridized carbons (Fsp3) is 0. The van der Waals surface area contributed by atoms with E-state index in [1.165, 1.54) is 12.3 Å². The highest BCUT2D eigenvalue weighted by Gasteiger charge is 2.03. The fourth-order valence-electron chi connectivity index (χ4n) is 0.683. The Balaban J connectivity index is 3.56. The van der Waals surface area contributed by atoms with E-state index in [0.717, 1.165) is 0 Å². The summed E-state index contributed by atoms with van der Waals surface area (Å²) in [4.78, 5) is 13.1. The van der Waals surface area contributed by atoms with Gasteiger partial charge in [-0.1, -0.05) is 0 Å². The van der Waals surface area contributed by atoms with Crippen molar-refractivity contribution in [3.8, 4) is 12.1 Å². The van der Waals surface area contributed by atoms with Gasteiger partial charge in [0.05, 0.1) is 5.56 Å². The average molecular weight is 145 g/mol. The Kier molecular flexibility index (Phi) is 1.71. The average Bonchev–Trinajstić information content (AvgIpc) is 2.04. The quantitative estimate of drug-likeness (QED) is 0.562. The summed E-state index contributed by atoms with van der Waals surface area (Å²) in [5.74, 6) is 0. The first-order chi connectivity index (χ1) is 5.29. The largest absolute Gasteiger partial charge is 0.328 e. The van der Waals surface area contributed by atoms with Crippen molar-refractivity contribution in [2.45, 2.75) is 0 Å². The molecule has 0 aliphatic heterocycles. The highest BCUT2D eigenvalue weighted by Crippen LogP contribution is 1.96. The number of nitrogens with one attached hydrogen (secondary N) is 1. The van der Waals surface area contributed by atoms with Crippen LogP contribution in [-0.2, 0) is 0 Å². The van der Waals surface area contributed by atoms with E-state index in [1.54, 1.807) is 12.1 Å². The molecule has 4 nitrogen and oxygen atoms in total. The molecule has 1 N–H and O–H groups in total. The van der Waals surface area contributed by atoms with E-state index in [1.807, 2.05) is 0 Å². The van der Waals surface area contributed by atoms with Crippen molar-refractivity contribution in [2.75, 3.05) is 0 Å². The van der Waals surface area contributed by atoms with Gasteiger partial charge in [-0.15, -0.1) is 0 Å². The second-order valence-electron chi connectivity index (χ2n) is 1.82. The van der Waals surface area contributed by atoms with Gasteiger partial charge in [-0.25, -0.2) is 0 Å². The molecule has 0 saturated carbocycles. The first-order valence-electron chi connectivity index (χ1n) is 2.81. The SMILES string of the molecule is N#Cc1cc[nH]c(=O)c1C#N. The van der Waals surface area contributed by atoms with Gasteiger partial charge in [0, 0.05) is 6.20 Å². The molecule has 0 aliphatic carbocycles. The van der Waals surface area contributed by atoms with Crippen molar-refractivity contribution in [3.05, 3.63) is 33.7 Å². The predicted molar refractivity (Wildman–Crippen MR) is 36.5 cm³/mol. The Morgan fingerprint density at radius 1 is 1.36 bits per heavy atom. The highest BCUT2D eigenvalue weighted by molar-refractivity contribution is 5.42. The lowest BCUT2D eigenvalue weighted by Gasteiger charge is -1.88. The van der Waals surface area contributed by atoms with E-state index >= 15 is 0 Å². The van der Waals surface area contributed by atoms with Crippen LogP contribution >= 0.6 is 0 Å². The molecule has 52 valence electrons. The van der Waals surface area contributed by atoms with Gasteiger partial charge in [0.15, 0.2) is 0 Å². The van der Waals surface area contributed by atoms with Gasteiger partial charge in [-0.3, -0.25) is 4.79 Å². The number of nitrogens with zero attached hydrogens (tertiary/aromatic N) is 2. The summed E-state index contributed by atoms with van der Waals surface area (Å²) in [6.45, 7) is 0. The molecule has 0 amide bonds. The van der Waals surface area contributed by atoms with Gasteiger partial charge < -0.3 is 4.98 Å². The van der Waals surface area contributed by atoms with E-state index in [2.05, 4.69) is 4.98 Å². The van der Waals surface area contributed by atoms with Gasteiger partial charge in [0.2, 0.25) is 0 Å². The van der Waals surface area contributed by atoms with Gasteiger partial charge in [0.25, 0.3) is 5.56 Å². The lowest BCUT2D eigenvalue weighted by atomic mass is 10.2. The van der Waals surface area contributed by atoms with Gasteiger partial charge >= 0.3 is 0 Å². The standard InChI is InChI=1S/C7H3N3O/c8-3-5-1-2-10-7(11)6(5)4-9/h1-2H,(H,10,11). The van der Waals surface area contributed by atoms with E-state index < -0.39 is 5.56 Å². The fourth-order valence-corrected chi connectivity index (χ4v) is 0.683. The topological polar surface area (TPSA) is 80.4 Å². The number of hydrogen-bond donors (Lipinski definition) is 1. The highest BCUT2D eigenvalue weighted by atomic mass is 16.1.